The first-order valence-electron chi connectivity index (χ1n) is 6.95. The molecule has 0 saturated carbocycles. The summed E-state index contributed by atoms with van der Waals surface area (Å²) < 4.78 is 1.10. The average Bonchev–Trinajstić information content (AvgIpc) is 2.40. The van der Waals surface area contributed by atoms with E-state index in [9.17, 15) is 0 Å². The van der Waals surface area contributed by atoms with Gasteiger partial charge in [0.15, 0.2) is 0 Å². The van der Waals surface area contributed by atoms with Crippen LogP contribution in [0.5, 0.6) is 0 Å². The molecule has 2 aromatic carbocycles. The lowest BCUT2D eigenvalue weighted by molar-refractivity contribution is 0.734. The molecule has 0 spiro atoms. The van der Waals surface area contributed by atoms with Crippen molar-refractivity contribution >= 4 is 33.2 Å². The molecule has 2 N–H and O–H groups in total. The van der Waals surface area contributed by atoms with Crippen molar-refractivity contribution in [3.05, 3.63) is 63.1 Å². The largest absolute Gasteiger partial charge is 0.370 e. The van der Waals surface area contributed by atoms with Gasteiger partial charge in [-0.05, 0) is 54.8 Å². The zero-order valence-corrected chi connectivity index (χ0v) is 14.7. The summed E-state index contributed by atoms with van der Waals surface area (Å²) in [6.45, 7) is 2.86. The predicted octanol–water partition coefficient (Wildman–Crippen LogP) is 4.63. The molecule has 0 bridgehead atoms. The third kappa shape index (κ3) is 4.73. The van der Waals surface area contributed by atoms with E-state index in [1.54, 1.807) is 0 Å². The molecule has 1 unspecified atom stereocenters. The minimum absolute atomic E-state index is 0.114. The molecular weight excluding hydrogens is 348 g/mol. The van der Waals surface area contributed by atoms with Gasteiger partial charge in [0.05, 0.1) is 0 Å². The van der Waals surface area contributed by atoms with Gasteiger partial charge in [0.1, 0.15) is 0 Å². The zero-order chi connectivity index (χ0) is 15.4. The summed E-state index contributed by atoms with van der Waals surface area (Å²) in [5, 5.41) is 0.756. The van der Waals surface area contributed by atoms with E-state index in [-0.39, 0.29) is 6.04 Å². The van der Waals surface area contributed by atoms with Crippen LogP contribution >= 0.6 is 27.5 Å². The van der Waals surface area contributed by atoms with Gasteiger partial charge in [-0.2, -0.15) is 0 Å². The summed E-state index contributed by atoms with van der Waals surface area (Å²) in [6, 6.07) is 14.5. The SMILES string of the molecule is CC(N)Cc1cc(Cl)ccc1N(C)Cc1ccc(Br)cc1. The molecule has 2 nitrogen and oxygen atoms in total. The van der Waals surface area contributed by atoms with Crippen molar-refractivity contribution in [3.8, 4) is 0 Å². The molecular formula is C17H20BrClN2. The molecule has 4 heteroatoms. The van der Waals surface area contributed by atoms with E-state index in [1.807, 2.05) is 19.1 Å². The Bertz CT molecular complexity index is 596. The fourth-order valence-electron chi connectivity index (χ4n) is 2.39. The minimum Gasteiger partial charge on any atom is -0.370 e. The second-order valence-corrected chi connectivity index (χ2v) is 6.79. The first-order valence-corrected chi connectivity index (χ1v) is 8.12. The van der Waals surface area contributed by atoms with Crippen molar-refractivity contribution in [2.75, 3.05) is 11.9 Å². The number of hydrogen-bond acceptors (Lipinski definition) is 2. The van der Waals surface area contributed by atoms with Gasteiger partial charge in [-0.1, -0.05) is 39.7 Å². The van der Waals surface area contributed by atoms with Crippen molar-refractivity contribution in [1.82, 2.24) is 0 Å². The number of anilines is 1. The van der Waals surface area contributed by atoms with E-state index >= 15 is 0 Å². The molecule has 2 rings (SSSR count). The van der Waals surface area contributed by atoms with Crippen LogP contribution in [0.25, 0.3) is 0 Å². The zero-order valence-electron chi connectivity index (χ0n) is 12.3. The molecule has 0 aliphatic rings. The van der Waals surface area contributed by atoms with Crippen molar-refractivity contribution in [3.63, 3.8) is 0 Å². The van der Waals surface area contributed by atoms with E-state index in [1.165, 1.54) is 16.8 Å². The fraction of sp³-hybridized carbons (Fsp3) is 0.294. The van der Waals surface area contributed by atoms with E-state index < -0.39 is 0 Å². The molecule has 1 atom stereocenters. The molecule has 0 amide bonds. The monoisotopic (exact) mass is 366 g/mol. The van der Waals surface area contributed by atoms with E-state index in [4.69, 9.17) is 17.3 Å². The van der Waals surface area contributed by atoms with Gasteiger partial charge in [0.2, 0.25) is 0 Å². The first-order chi connectivity index (χ1) is 9.95. The van der Waals surface area contributed by atoms with E-state index in [2.05, 4.69) is 58.2 Å². The maximum absolute atomic E-state index is 6.12. The molecule has 0 radical (unpaired) electrons. The number of hydrogen-bond donors (Lipinski definition) is 1. The molecule has 112 valence electrons. The Kier molecular flexibility index (Phi) is 5.68. The maximum Gasteiger partial charge on any atom is 0.0426 e. The first kappa shape index (κ1) is 16.3. The summed E-state index contributed by atoms with van der Waals surface area (Å²) in [5.74, 6) is 0. The number of rotatable bonds is 5. The fourth-order valence-corrected chi connectivity index (χ4v) is 2.84. The van der Waals surface area contributed by atoms with Crippen LogP contribution in [-0.2, 0) is 13.0 Å². The highest BCUT2D eigenvalue weighted by Crippen LogP contribution is 2.26. The normalized spacial score (nSPS) is 12.2. The second-order valence-electron chi connectivity index (χ2n) is 5.44. The van der Waals surface area contributed by atoms with Crippen LogP contribution < -0.4 is 10.6 Å². The van der Waals surface area contributed by atoms with E-state index in [0.717, 1.165) is 22.5 Å². The van der Waals surface area contributed by atoms with Crippen LogP contribution in [0.3, 0.4) is 0 Å². The molecule has 0 aromatic heterocycles. The number of nitrogens with zero attached hydrogens (tertiary/aromatic N) is 1. The van der Waals surface area contributed by atoms with Crippen LogP contribution in [-0.4, -0.2) is 13.1 Å². The van der Waals surface area contributed by atoms with Gasteiger partial charge < -0.3 is 10.6 Å². The lowest BCUT2D eigenvalue weighted by atomic mass is 10.0. The Morgan fingerprint density at radius 1 is 1.19 bits per heavy atom. The number of halogens is 2. The topological polar surface area (TPSA) is 29.3 Å². The van der Waals surface area contributed by atoms with Crippen LogP contribution in [0, 0.1) is 0 Å². The highest BCUT2D eigenvalue weighted by molar-refractivity contribution is 9.10. The van der Waals surface area contributed by atoms with Gasteiger partial charge >= 0.3 is 0 Å². The van der Waals surface area contributed by atoms with Crippen LogP contribution in [0.4, 0.5) is 5.69 Å². The standard InChI is InChI=1S/C17H20BrClN2/c1-12(20)9-14-10-16(19)7-8-17(14)21(2)11-13-3-5-15(18)6-4-13/h3-8,10,12H,9,11,20H2,1-2H3. The Balaban J connectivity index is 2.21. The maximum atomic E-state index is 6.12. The van der Waals surface area contributed by atoms with Gasteiger partial charge in [0, 0.05) is 34.8 Å². The second kappa shape index (κ2) is 7.30. The third-order valence-corrected chi connectivity index (χ3v) is 4.09. The van der Waals surface area contributed by atoms with Gasteiger partial charge in [-0.3, -0.25) is 0 Å². The third-order valence-electron chi connectivity index (χ3n) is 3.33. The molecule has 0 aliphatic heterocycles. The molecule has 2 aromatic rings. The molecule has 0 aliphatic carbocycles. The predicted molar refractivity (Wildman–Crippen MR) is 95.1 cm³/mol. The van der Waals surface area contributed by atoms with Crippen molar-refractivity contribution < 1.29 is 0 Å². The molecule has 0 saturated heterocycles. The quantitative estimate of drug-likeness (QED) is 0.835. The van der Waals surface area contributed by atoms with Crippen molar-refractivity contribution in [1.29, 1.82) is 0 Å². The van der Waals surface area contributed by atoms with Crippen LogP contribution in [0.15, 0.2) is 46.9 Å². The summed E-state index contributed by atoms with van der Waals surface area (Å²) in [4.78, 5) is 2.23. The van der Waals surface area contributed by atoms with Gasteiger partial charge in [-0.25, -0.2) is 0 Å². The smallest absolute Gasteiger partial charge is 0.0426 e. The van der Waals surface area contributed by atoms with Gasteiger partial charge in [-0.15, -0.1) is 0 Å². The lowest BCUT2D eigenvalue weighted by Crippen LogP contribution is -2.22. The summed E-state index contributed by atoms with van der Waals surface area (Å²) >= 11 is 9.58. The molecule has 21 heavy (non-hydrogen) atoms. The van der Waals surface area contributed by atoms with E-state index in [0.29, 0.717) is 0 Å². The highest BCUT2D eigenvalue weighted by Gasteiger charge is 2.10. The number of nitrogens with two attached hydrogens (primary N) is 1. The van der Waals surface area contributed by atoms with Crippen LogP contribution in [0.1, 0.15) is 18.1 Å². The summed E-state index contributed by atoms with van der Waals surface area (Å²) in [5.41, 5.74) is 9.58. The Hall–Kier alpha value is -1.03. The van der Waals surface area contributed by atoms with Crippen LogP contribution in [0.2, 0.25) is 5.02 Å². The lowest BCUT2D eigenvalue weighted by Gasteiger charge is -2.23. The minimum atomic E-state index is 0.114. The van der Waals surface area contributed by atoms with Gasteiger partial charge in [0.25, 0.3) is 0 Å². The van der Waals surface area contributed by atoms with Crippen molar-refractivity contribution in [2.24, 2.45) is 5.73 Å². The summed E-state index contributed by atoms with van der Waals surface area (Å²) in [7, 11) is 2.09. The molecule has 0 heterocycles. The highest BCUT2D eigenvalue weighted by atomic mass is 79.9. The van der Waals surface area contributed by atoms with Crippen molar-refractivity contribution in [2.45, 2.75) is 25.9 Å². The Labute approximate surface area is 140 Å². The number of benzene rings is 2. The Morgan fingerprint density at radius 2 is 1.86 bits per heavy atom. The molecule has 0 fully saturated rings. The average molecular weight is 368 g/mol. The summed E-state index contributed by atoms with van der Waals surface area (Å²) in [6.07, 6.45) is 0.820. The Morgan fingerprint density at radius 3 is 2.48 bits per heavy atom.